The zero-order valence-electron chi connectivity index (χ0n) is 18.7. The Labute approximate surface area is 187 Å². The molecule has 0 saturated heterocycles. The predicted molar refractivity (Wildman–Crippen MR) is 118 cm³/mol. The fourth-order valence-corrected chi connectivity index (χ4v) is 4.12. The highest BCUT2D eigenvalue weighted by atomic mass is 19.4. The van der Waals surface area contributed by atoms with Gasteiger partial charge in [0.25, 0.3) is 0 Å². The van der Waals surface area contributed by atoms with Gasteiger partial charge in [0.1, 0.15) is 0 Å². The Morgan fingerprint density at radius 1 is 1.25 bits per heavy atom. The molecule has 1 fully saturated rings. The van der Waals surface area contributed by atoms with E-state index in [0.29, 0.717) is 11.1 Å². The Morgan fingerprint density at radius 3 is 2.53 bits per heavy atom. The van der Waals surface area contributed by atoms with Crippen LogP contribution in [-0.4, -0.2) is 13.1 Å². The monoisotopic (exact) mass is 446 g/mol. The SMILES string of the molecule is C=COC(C(=O)OC)c1c(C(F)(F)F)ccc(C2CC2)c1-c1ccc(C)c(CCCC)c1. The third kappa shape index (κ3) is 5.00. The number of esters is 1. The number of halogens is 3. The lowest BCUT2D eigenvalue weighted by Gasteiger charge is -2.25. The summed E-state index contributed by atoms with van der Waals surface area (Å²) in [5, 5.41) is 0. The minimum atomic E-state index is -4.67. The van der Waals surface area contributed by atoms with E-state index in [1.165, 1.54) is 0 Å². The number of rotatable bonds is 9. The molecule has 1 unspecified atom stereocenters. The minimum absolute atomic E-state index is 0.161. The smallest absolute Gasteiger partial charge is 0.416 e. The molecule has 0 aromatic heterocycles. The number of carbonyl (C=O) groups is 1. The van der Waals surface area contributed by atoms with Crippen LogP contribution in [0.15, 0.2) is 43.2 Å². The van der Waals surface area contributed by atoms with Crippen molar-refractivity contribution in [1.82, 2.24) is 0 Å². The molecule has 0 heterocycles. The van der Waals surface area contributed by atoms with Gasteiger partial charge >= 0.3 is 12.1 Å². The lowest BCUT2D eigenvalue weighted by atomic mass is 9.84. The standard InChI is InChI=1S/C26H29F3O3/c1-5-7-8-18-15-19(10-9-16(18)3)22-20(17-11-12-17)13-14-21(26(27,28)29)23(22)24(32-6-2)25(30)31-4/h6,9-10,13-15,17,24H,2,5,7-8,11-12H2,1,3-4H3. The molecule has 3 rings (SSSR count). The summed E-state index contributed by atoms with van der Waals surface area (Å²) < 4.78 is 52.6. The molecular formula is C26H29F3O3. The molecule has 172 valence electrons. The summed E-state index contributed by atoms with van der Waals surface area (Å²) in [6, 6.07) is 8.33. The zero-order chi connectivity index (χ0) is 23.5. The van der Waals surface area contributed by atoms with Crippen LogP contribution < -0.4 is 0 Å². The highest BCUT2D eigenvalue weighted by Crippen LogP contribution is 2.50. The summed E-state index contributed by atoms with van der Waals surface area (Å²) in [5.41, 5.74) is 2.96. The number of carbonyl (C=O) groups excluding carboxylic acids is 1. The fourth-order valence-electron chi connectivity index (χ4n) is 4.12. The summed E-state index contributed by atoms with van der Waals surface area (Å²) in [7, 11) is 1.13. The molecule has 1 aliphatic rings. The van der Waals surface area contributed by atoms with Crippen molar-refractivity contribution in [3.8, 4) is 11.1 Å². The summed E-state index contributed by atoms with van der Waals surface area (Å²) in [6.07, 6.45) is -0.607. The van der Waals surface area contributed by atoms with Gasteiger partial charge in [-0.05, 0) is 72.4 Å². The van der Waals surface area contributed by atoms with Crippen molar-refractivity contribution >= 4 is 5.97 Å². The second-order valence-electron chi connectivity index (χ2n) is 8.21. The van der Waals surface area contributed by atoms with Crippen LogP contribution in [-0.2, 0) is 26.9 Å². The Hall–Kier alpha value is -2.76. The summed E-state index contributed by atoms with van der Waals surface area (Å²) in [5.74, 6) is -0.739. The summed E-state index contributed by atoms with van der Waals surface area (Å²) >= 11 is 0. The number of alkyl halides is 3. The van der Waals surface area contributed by atoms with E-state index < -0.39 is 23.8 Å². The molecule has 3 nitrogen and oxygen atoms in total. The van der Waals surface area contributed by atoms with Crippen LogP contribution in [0, 0.1) is 6.92 Å². The van der Waals surface area contributed by atoms with Gasteiger partial charge in [-0.3, -0.25) is 0 Å². The van der Waals surface area contributed by atoms with E-state index in [2.05, 4.69) is 13.5 Å². The second kappa shape index (κ2) is 9.80. The van der Waals surface area contributed by atoms with Crippen LogP contribution >= 0.6 is 0 Å². The maximum Gasteiger partial charge on any atom is 0.416 e. The van der Waals surface area contributed by atoms with Crippen molar-refractivity contribution in [2.75, 3.05) is 7.11 Å². The number of aryl methyl sites for hydroxylation is 2. The molecule has 1 saturated carbocycles. The lowest BCUT2D eigenvalue weighted by molar-refractivity contribution is -0.153. The molecule has 2 aromatic rings. The molecule has 0 radical (unpaired) electrons. The van der Waals surface area contributed by atoms with Crippen LogP contribution in [0.25, 0.3) is 11.1 Å². The number of hydrogen-bond donors (Lipinski definition) is 0. The molecule has 0 aliphatic heterocycles. The molecule has 1 atom stereocenters. The van der Waals surface area contributed by atoms with E-state index in [4.69, 9.17) is 9.47 Å². The number of hydrogen-bond acceptors (Lipinski definition) is 3. The first kappa shape index (κ1) is 23.9. The van der Waals surface area contributed by atoms with Gasteiger partial charge < -0.3 is 9.47 Å². The Balaban J connectivity index is 2.34. The van der Waals surface area contributed by atoms with Crippen molar-refractivity contribution in [3.63, 3.8) is 0 Å². The first-order valence-electron chi connectivity index (χ1n) is 10.9. The number of methoxy groups -OCH3 is 1. The third-order valence-electron chi connectivity index (χ3n) is 5.95. The molecular weight excluding hydrogens is 417 g/mol. The van der Waals surface area contributed by atoms with Gasteiger partial charge in [0, 0.05) is 5.56 Å². The van der Waals surface area contributed by atoms with Crippen molar-refractivity contribution in [2.24, 2.45) is 0 Å². The van der Waals surface area contributed by atoms with Gasteiger partial charge in [0.05, 0.1) is 18.9 Å². The molecule has 6 heteroatoms. The van der Waals surface area contributed by atoms with Crippen LogP contribution in [0.5, 0.6) is 0 Å². The molecule has 0 spiro atoms. The maximum atomic E-state index is 14.1. The van der Waals surface area contributed by atoms with Crippen LogP contribution in [0.2, 0.25) is 0 Å². The predicted octanol–water partition coefficient (Wildman–Crippen LogP) is 7.28. The molecule has 0 N–H and O–H groups in total. The largest absolute Gasteiger partial charge is 0.482 e. The van der Waals surface area contributed by atoms with Gasteiger partial charge in [0.15, 0.2) is 0 Å². The highest BCUT2D eigenvalue weighted by Gasteiger charge is 2.42. The van der Waals surface area contributed by atoms with E-state index >= 15 is 0 Å². The minimum Gasteiger partial charge on any atom is -0.482 e. The molecule has 1 aliphatic carbocycles. The van der Waals surface area contributed by atoms with Gasteiger partial charge in [-0.15, -0.1) is 0 Å². The molecule has 2 aromatic carbocycles. The van der Waals surface area contributed by atoms with E-state index in [9.17, 15) is 18.0 Å². The fraction of sp³-hybridized carbons (Fsp3) is 0.423. The maximum absolute atomic E-state index is 14.1. The quantitative estimate of drug-likeness (QED) is 0.300. The molecule has 32 heavy (non-hydrogen) atoms. The highest BCUT2D eigenvalue weighted by molar-refractivity contribution is 5.84. The van der Waals surface area contributed by atoms with Gasteiger partial charge in [0.2, 0.25) is 6.10 Å². The summed E-state index contributed by atoms with van der Waals surface area (Å²) in [4.78, 5) is 12.6. The van der Waals surface area contributed by atoms with Gasteiger partial charge in [-0.1, -0.05) is 44.2 Å². The van der Waals surface area contributed by atoms with Crippen molar-refractivity contribution < 1.29 is 27.4 Å². The van der Waals surface area contributed by atoms with E-state index in [1.807, 2.05) is 25.1 Å². The topological polar surface area (TPSA) is 35.5 Å². The Morgan fingerprint density at radius 2 is 1.97 bits per heavy atom. The number of unbranched alkanes of at least 4 members (excludes halogenated alkanes) is 1. The lowest BCUT2D eigenvalue weighted by Crippen LogP contribution is -2.22. The number of ether oxygens (including phenoxy) is 2. The van der Waals surface area contributed by atoms with E-state index in [-0.39, 0.29) is 11.5 Å². The van der Waals surface area contributed by atoms with E-state index in [1.54, 1.807) is 6.07 Å². The first-order valence-corrected chi connectivity index (χ1v) is 10.9. The first-order chi connectivity index (χ1) is 15.2. The average molecular weight is 447 g/mol. The van der Waals surface area contributed by atoms with Crippen molar-refractivity contribution in [3.05, 3.63) is 71.0 Å². The average Bonchev–Trinajstić information content (AvgIpc) is 3.60. The number of benzene rings is 2. The van der Waals surface area contributed by atoms with Gasteiger partial charge in [-0.25, -0.2) is 4.79 Å². The third-order valence-corrected chi connectivity index (χ3v) is 5.95. The van der Waals surface area contributed by atoms with Crippen LogP contribution in [0.4, 0.5) is 13.2 Å². The molecule has 0 bridgehead atoms. The van der Waals surface area contributed by atoms with E-state index in [0.717, 1.165) is 68.2 Å². The Bertz CT molecular complexity index is 991. The second-order valence-corrected chi connectivity index (χ2v) is 8.21. The molecule has 0 amide bonds. The van der Waals surface area contributed by atoms with Crippen molar-refractivity contribution in [2.45, 2.75) is 64.1 Å². The normalized spacial score (nSPS) is 14.7. The van der Waals surface area contributed by atoms with Gasteiger partial charge in [-0.2, -0.15) is 13.2 Å². The Kier molecular flexibility index (Phi) is 7.32. The van der Waals surface area contributed by atoms with Crippen LogP contribution in [0.3, 0.4) is 0 Å². The van der Waals surface area contributed by atoms with Crippen molar-refractivity contribution in [1.29, 1.82) is 0 Å². The van der Waals surface area contributed by atoms with Crippen LogP contribution in [0.1, 0.15) is 72.4 Å². The zero-order valence-corrected chi connectivity index (χ0v) is 18.7. The summed E-state index contributed by atoms with van der Waals surface area (Å²) in [6.45, 7) is 7.56.